The van der Waals surface area contributed by atoms with Crippen molar-refractivity contribution in [3.05, 3.63) is 59.4 Å². The maximum Gasteiger partial charge on any atom is 0.239 e. The number of nitrogens with two attached hydrogens (primary N) is 1. The lowest BCUT2D eigenvalue weighted by Crippen LogP contribution is -2.31. The molecule has 4 N–H and O–H groups in total. The van der Waals surface area contributed by atoms with Crippen molar-refractivity contribution >= 4 is 21.6 Å². The standard InChI is InChI=1S/C16H16F3N3O3S/c17-12-5-6-13(16(19)15(12)18)22-9-14(23)21-8-7-10-1-3-11(4-2-10)26(20,24)25/h1-6,22H,7-9H2,(H,21,23)(H2,20,24,25). The van der Waals surface area contributed by atoms with Gasteiger partial charge in [0, 0.05) is 6.54 Å². The molecule has 2 aromatic rings. The van der Waals surface area contributed by atoms with Gasteiger partial charge in [0.05, 0.1) is 17.1 Å². The average Bonchev–Trinajstić information content (AvgIpc) is 2.59. The lowest BCUT2D eigenvalue weighted by Gasteiger charge is -2.09. The maximum atomic E-state index is 13.4. The lowest BCUT2D eigenvalue weighted by molar-refractivity contribution is -0.119. The number of hydrogen-bond acceptors (Lipinski definition) is 4. The Bertz CT molecular complexity index is 903. The van der Waals surface area contributed by atoms with Gasteiger partial charge in [-0.25, -0.2) is 26.7 Å². The van der Waals surface area contributed by atoms with Crippen molar-refractivity contribution in [1.82, 2.24) is 5.32 Å². The van der Waals surface area contributed by atoms with Crippen LogP contribution in [-0.2, 0) is 21.2 Å². The molecule has 0 aliphatic rings. The summed E-state index contributed by atoms with van der Waals surface area (Å²) in [4.78, 5) is 11.7. The third kappa shape index (κ3) is 5.20. The number of anilines is 1. The van der Waals surface area contributed by atoms with Gasteiger partial charge < -0.3 is 10.6 Å². The summed E-state index contributed by atoms with van der Waals surface area (Å²) >= 11 is 0. The summed E-state index contributed by atoms with van der Waals surface area (Å²) in [6.07, 6.45) is 0.427. The van der Waals surface area contributed by atoms with Gasteiger partial charge in [0.2, 0.25) is 15.9 Å². The lowest BCUT2D eigenvalue weighted by atomic mass is 10.1. The number of benzene rings is 2. The number of halogens is 3. The van der Waals surface area contributed by atoms with E-state index in [2.05, 4.69) is 10.6 Å². The molecule has 0 radical (unpaired) electrons. The van der Waals surface area contributed by atoms with Gasteiger partial charge in [-0.3, -0.25) is 4.79 Å². The van der Waals surface area contributed by atoms with Crippen LogP contribution in [0.2, 0.25) is 0 Å². The van der Waals surface area contributed by atoms with Crippen molar-refractivity contribution in [2.24, 2.45) is 5.14 Å². The second-order valence-corrected chi connectivity index (χ2v) is 6.93. The molecule has 2 aromatic carbocycles. The van der Waals surface area contributed by atoms with Gasteiger partial charge in [0.1, 0.15) is 0 Å². The molecule has 10 heteroatoms. The Balaban J connectivity index is 1.80. The molecule has 0 aliphatic heterocycles. The Kier molecular flexibility index (Phi) is 6.22. The highest BCUT2D eigenvalue weighted by Crippen LogP contribution is 2.19. The summed E-state index contributed by atoms with van der Waals surface area (Å²) in [6, 6.07) is 7.61. The van der Waals surface area contributed by atoms with Gasteiger partial charge in [-0.1, -0.05) is 12.1 Å². The quantitative estimate of drug-likeness (QED) is 0.627. The first-order chi connectivity index (χ1) is 12.2. The van der Waals surface area contributed by atoms with Crippen LogP contribution in [0.1, 0.15) is 5.56 Å². The van der Waals surface area contributed by atoms with E-state index in [1.807, 2.05) is 0 Å². The fourth-order valence-electron chi connectivity index (χ4n) is 2.09. The Morgan fingerprint density at radius 3 is 2.27 bits per heavy atom. The van der Waals surface area contributed by atoms with Crippen LogP contribution in [0.15, 0.2) is 41.3 Å². The first-order valence-corrected chi connectivity index (χ1v) is 8.99. The zero-order valence-corrected chi connectivity index (χ0v) is 14.2. The van der Waals surface area contributed by atoms with E-state index in [0.717, 1.165) is 17.7 Å². The van der Waals surface area contributed by atoms with Gasteiger partial charge in [-0.2, -0.15) is 0 Å². The van der Waals surface area contributed by atoms with Crippen LogP contribution in [0.5, 0.6) is 0 Å². The summed E-state index contributed by atoms with van der Waals surface area (Å²) in [6.45, 7) is -0.0815. The molecule has 6 nitrogen and oxygen atoms in total. The molecule has 0 saturated carbocycles. The Morgan fingerprint density at radius 1 is 1.00 bits per heavy atom. The van der Waals surface area contributed by atoms with E-state index >= 15 is 0 Å². The van der Waals surface area contributed by atoms with Crippen molar-refractivity contribution in [1.29, 1.82) is 0 Å². The van der Waals surface area contributed by atoms with Crippen molar-refractivity contribution in [2.45, 2.75) is 11.3 Å². The van der Waals surface area contributed by atoms with Crippen LogP contribution >= 0.6 is 0 Å². The number of nitrogens with one attached hydrogen (secondary N) is 2. The van der Waals surface area contributed by atoms with E-state index in [0.29, 0.717) is 6.42 Å². The van der Waals surface area contributed by atoms with Crippen molar-refractivity contribution < 1.29 is 26.4 Å². The highest BCUT2D eigenvalue weighted by molar-refractivity contribution is 7.89. The highest BCUT2D eigenvalue weighted by Gasteiger charge is 2.13. The number of hydrogen-bond donors (Lipinski definition) is 3. The number of rotatable bonds is 7. The fraction of sp³-hybridized carbons (Fsp3) is 0.188. The summed E-state index contributed by atoms with van der Waals surface area (Å²) in [5.41, 5.74) is 0.454. The zero-order valence-electron chi connectivity index (χ0n) is 13.4. The Hall–Kier alpha value is -2.59. The zero-order chi connectivity index (χ0) is 19.3. The number of sulfonamides is 1. The first-order valence-electron chi connectivity index (χ1n) is 7.44. The molecule has 0 atom stereocenters. The smallest absolute Gasteiger partial charge is 0.239 e. The third-order valence-corrected chi connectivity index (χ3v) is 4.39. The molecule has 0 fully saturated rings. The molecule has 0 bridgehead atoms. The normalized spacial score (nSPS) is 11.2. The molecule has 26 heavy (non-hydrogen) atoms. The van der Waals surface area contributed by atoms with Crippen molar-refractivity contribution in [3.8, 4) is 0 Å². The second-order valence-electron chi connectivity index (χ2n) is 5.37. The predicted molar refractivity (Wildman–Crippen MR) is 89.3 cm³/mol. The number of carbonyl (C=O) groups excluding carboxylic acids is 1. The molecular weight excluding hydrogens is 371 g/mol. The van der Waals surface area contributed by atoms with Gasteiger partial charge >= 0.3 is 0 Å². The third-order valence-electron chi connectivity index (χ3n) is 3.46. The summed E-state index contributed by atoms with van der Waals surface area (Å²) < 4.78 is 61.6. The van der Waals surface area contributed by atoms with E-state index < -0.39 is 33.4 Å². The van der Waals surface area contributed by atoms with Crippen LogP contribution in [-0.4, -0.2) is 27.4 Å². The number of amides is 1. The van der Waals surface area contributed by atoms with E-state index in [4.69, 9.17) is 5.14 Å². The maximum absolute atomic E-state index is 13.4. The van der Waals surface area contributed by atoms with Gasteiger partial charge in [-0.05, 0) is 36.2 Å². The molecule has 0 unspecified atom stereocenters. The van der Waals surface area contributed by atoms with E-state index in [1.165, 1.54) is 12.1 Å². The average molecular weight is 387 g/mol. The van der Waals surface area contributed by atoms with E-state index in [9.17, 15) is 26.4 Å². The summed E-state index contributed by atoms with van der Waals surface area (Å²) in [5, 5.41) is 9.93. The van der Waals surface area contributed by atoms with Crippen molar-refractivity contribution in [3.63, 3.8) is 0 Å². The SMILES string of the molecule is NS(=O)(=O)c1ccc(CCNC(=O)CNc2ccc(F)c(F)c2F)cc1. The minimum atomic E-state index is -3.76. The topological polar surface area (TPSA) is 101 Å². The molecule has 0 heterocycles. The molecule has 2 rings (SSSR count). The van der Waals surface area contributed by atoms with E-state index in [-0.39, 0.29) is 23.7 Å². The number of primary sulfonamides is 1. The molecule has 0 spiro atoms. The number of carbonyl (C=O) groups is 1. The van der Waals surface area contributed by atoms with Gasteiger partial charge in [0.25, 0.3) is 0 Å². The molecule has 140 valence electrons. The van der Waals surface area contributed by atoms with Crippen LogP contribution in [0.25, 0.3) is 0 Å². The minimum absolute atomic E-state index is 0.0111. The summed E-state index contributed by atoms with van der Waals surface area (Å²) in [5.74, 6) is -4.80. The van der Waals surface area contributed by atoms with Gasteiger partial charge in [0.15, 0.2) is 17.5 Å². The monoisotopic (exact) mass is 387 g/mol. The first kappa shape index (κ1) is 19.7. The van der Waals surface area contributed by atoms with Crippen LogP contribution in [0, 0.1) is 17.5 Å². The minimum Gasteiger partial charge on any atom is -0.374 e. The molecule has 0 aliphatic carbocycles. The molecular formula is C16H16F3N3O3S. The predicted octanol–water partition coefficient (Wildman–Crippen LogP) is 1.52. The Morgan fingerprint density at radius 2 is 1.65 bits per heavy atom. The van der Waals surface area contributed by atoms with Crippen molar-refractivity contribution in [2.75, 3.05) is 18.4 Å². The van der Waals surface area contributed by atoms with Gasteiger partial charge in [-0.15, -0.1) is 0 Å². The largest absolute Gasteiger partial charge is 0.374 e. The Labute approximate surface area is 148 Å². The van der Waals surface area contributed by atoms with Crippen LogP contribution in [0.4, 0.5) is 18.9 Å². The van der Waals surface area contributed by atoms with E-state index in [1.54, 1.807) is 12.1 Å². The fourth-order valence-corrected chi connectivity index (χ4v) is 2.61. The molecule has 0 saturated heterocycles. The highest BCUT2D eigenvalue weighted by atomic mass is 32.2. The summed E-state index contributed by atoms with van der Waals surface area (Å²) in [7, 11) is -3.76. The van der Waals surface area contributed by atoms with Crippen LogP contribution in [0.3, 0.4) is 0 Å². The second kappa shape index (κ2) is 8.19. The molecule has 1 amide bonds. The van der Waals surface area contributed by atoms with Crippen LogP contribution < -0.4 is 15.8 Å². The molecule has 0 aromatic heterocycles.